The summed E-state index contributed by atoms with van der Waals surface area (Å²) in [5.74, 6) is -0.151. The van der Waals surface area contributed by atoms with Crippen LogP contribution in [0, 0.1) is 0 Å². The second-order valence-electron chi connectivity index (χ2n) is 7.74. The van der Waals surface area contributed by atoms with E-state index in [0.29, 0.717) is 25.2 Å². The van der Waals surface area contributed by atoms with Gasteiger partial charge in [-0.25, -0.2) is 4.79 Å². The van der Waals surface area contributed by atoms with Crippen molar-refractivity contribution >= 4 is 11.9 Å². The SMILES string of the molecule is CCCNC(=O)N1CC2(C1)[C@H](c1ccccc1)[C@@H](CO)N2C(=O)c1ccncc1. The van der Waals surface area contributed by atoms with Gasteiger partial charge < -0.3 is 20.2 Å². The Labute approximate surface area is 170 Å². The van der Waals surface area contributed by atoms with Gasteiger partial charge in [0.25, 0.3) is 5.91 Å². The fourth-order valence-electron chi connectivity index (χ4n) is 4.72. The lowest BCUT2D eigenvalue weighted by atomic mass is 9.60. The normalized spacial score (nSPS) is 22.0. The van der Waals surface area contributed by atoms with Crippen LogP contribution in [0.2, 0.25) is 0 Å². The number of nitrogens with one attached hydrogen (secondary N) is 1. The smallest absolute Gasteiger partial charge is 0.317 e. The summed E-state index contributed by atoms with van der Waals surface area (Å²) in [6.45, 7) is 3.42. The number of carbonyl (C=O) groups is 2. The zero-order chi connectivity index (χ0) is 20.4. The molecule has 0 unspecified atom stereocenters. The molecule has 2 fully saturated rings. The van der Waals surface area contributed by atoms with Crippen molar-refractivity contribution in [2.24, 2.45) is 0 Å². The van der Waals surface area contributed by atoms with E-state index in [4.69, 9.17) is 0 Å². The van der Waals surface area contributed by atoms with Crippen LogP contribution >= 0.6 is 0 Å². The molecule has 29 heavy (non-hydrogen) atoms. The molecule has 0 saturated carbocycles. The average Bonchev–Trinajstić information content (AvgIpc) is 2.72. The minimum absolute atomic E-state index is 0.0188. The van der Waals surface area contributed by atoms with Crippen LogP contribution in [0.1, 0.15) is 35.2 Å². The largest absolute Gasteiger partial charge is 0.394 e. The summed E-state index contributed by atoms with van der Waals surface area (Å²) in [5, 5.41) is 13.0. The molecule has 0 bridgehead atoms. The van der Waals surface area contributed by atoms with Crippen molar-refractivity contribution in [3.05, 3.63) is 66.0 Å². The summed E-state index contributed by atoms with van der Waals surface area (Å²) < 4.78 is 0. The topological polar surface area (TPSA) is 85.8 Å². The molecule has 1 aromatic heterocycles. The molecule has 2 aromatic rings. The lowest BCUT2D eigenvalue weighted by Crippen LogP contribution is -2.86. The minimum Gasteiger partial charge on any atom is -0.394 e. The van der Waals surface area contributed by atoms with Gasteiger partial charge in [0.2, 0.25) is 0 Å². The molecule has 2 atom stereocenters. The van der Waals surface area contributed by atoms with E-state index in [1.807, 2.05) is 37.3 Å². The molecule has 3 amide bonds. The Kier molecular flexibility index (Phi) is 5.24. The number of aliphatic hydroxyl groups excluding tert-OH is 1. The summed E-state index contributed by atoms with van der Waals surface area (Å²) >= 11 is 0. The standard InChI is InChI=1S/C22H26N4O3/c1-2-10-24-21(29)25-14-22(15-25)19(16-6-4-3-5-7-16)18(13-27)26(22)20(28)17-8-11-23-12-9-17/h3-9,11-12,18-19,27H,2,10,13-15H2,1H3,(H,24,29)/t18-,19-/m1/s1. The number of nitrogens with zero attached hydrogens (tertiary/aromatic N) is 3. The first-order valence-electron chi connectivity index (χ1n) is 10.0. The third kappa shape index (κ3) is 3.15. The Morgan fingerprint density at radius 2 is 1.86 bits per heavy atom. The van der Waals surface area contributed by atoms with Crippen molar-refractivity contribution in [2.75, 3.05) is 26.2 Å². The summed E-state index contributed by atoms with van der Waals surface area (Å²) in [5.41, 5.74) is 1.12. The number of pyridine rings is 1. The molecule has 4 rings (SSSR count). The second kappa shape index (κ2) is 7.83. The summed E-state index contributed by atoms with van der Waals surface area (Å²) in [6, 6.07) is 12.9. The molecule has 0 radical (unpaired) electrons. The van der Waals surface area contributed by atoms with Crippen molar-refractivity contribution in [1.29, 1.82) is 0 Å². The van der Waals surface area contributed by atoms with Crippen LogP contribution in [0.4, 0.5) is 4.79 Å². The Morgan fingerprint density at radius 3 is 2.48 bits per heavy atom. The van der Waals surface area contributed by atoms with Gasteiger partial charge in [0, 0.05) is 43.5 Å². The summed E-state index contributed by atoms with van der Waals surface area (Å²) in [7, 11) is 0. The Hall–Kier alpha value is -2.93. The van der Waals surface area contributed by atoms with E-state index in [2.05, 4.69) is 10.3 Å². The number of amides is 3. The van der Waals surface area contributed by atoms with E-state index in [1.165, 1.54) is 0 Å². The van der Waals surface area contributed by atoms with Crippen molar-refractivity contribution < 1.29 is 14.7 Å². The van der Waals surface area contributed by atoms with E-state index in [1.54, 1.807) is 34.3 Å². The maximum absolute atomic E-state index is 13.3. The molecular weight excluding hydrogens is 368 g/mol. The second-order valence-corrected chi connectivity index (χ2v) is 7.74. The van der Waals surface area contributed by atoms with Crippen LogP contribution < -0.4 is 5.32 Å². The highest BCUT2D eigenvalue weighted by Gasteiger charge is 2.68. The van der Waals surface area contributed by atoms with E-state index in [0.717, 1.165) is 12.0 Å². The number of hydrogen-bond donors (Lipinski definition) is 2. The van der Waals surface area contributed by atoms with Gasteiger partial charge >= 0.3 is 6.03 Å². The number of hydrogen-bond acceptors (Lipinski definition) is 4. The van der Waals surface area contributed by atoms with Gasteiger partial charge in [-0.05, 0) is 24.1 Å². The molecule has 1 spiro atoms. The van der Waals surface area contributed by atoms with Crippen LogP contribution in [-0.4, -0.2) is 69.7 Å². The maximum atomic E-state index is 13.3. The molecule has 7 heteroatoms. The molecule has 1 aromatic carbocycles. The van der Waals surface area contributed by atoms with Crippen molar-refractivity contribution in [3.8, 4) is 0 Å². The molecule has 2 aliphatic heterocycles. The predicted molar refractivity (Wildman–Crippen MR) is 108 cm³/mol. The molecule has 2 saturated heterocycles. The highest BCUT2D eigenvalue weighted by molar-refractivity contribution is 5.96. The van der Waals surface area contributed by atoms with Gasteiger partial charge in [0.15, 0.2) is 0 Å². The predicted octanol–water partition coefficient (Wildman–Crippen LogP) is 1.86. The van der Waals surface area contributed by atoms with Crippen LogP contribution in [-0.2, 0) is 0 Å². The maximum Gasteiger partial charge on any atom is 0.317 e. The fourth-order valence-corrected chi connectivity index (χ4v) is 4.72. The first-order valence-corrected chi connectivity index (χ1v) is 10.0. The van der Waals surface area contributed by atoms with E-state index >= 15 is 0 Å². The van der Waals surface area contributed by atoms with Crippen LogP contribution in [0.3, 0.4) is 0 Å². The highest BCUT2D eigenvalue weighted by Crippen LogP contribution is 2.54. The van der Waals surface area contributed by atoms with Gasteiger partial charge in [-0.1, -0.05) is 37.3 Å². The molecule has 152 valence electrons. The molecule has 0 aliphatic carbocycles. The molecule has 3 heterocycles. The van der Waals surface area contributed by atoms with Crippen molar-refractivity contribution in [1.82, 2.24) is 20.1 Å². The molecule has 2 aliphatic rings. The number of aromatic nitrogens is 1. The Morgan fingerprint density at radius 1 is 1.17 bits per heavy atom. The summed E-state index contributed by atoms with van der Waals surface area (Å²) in [6.07, 6.45) is 4.05. The van der Waals surface area contributed by atoms with Gasteiger partial charge in [-0.15, -0.1) is 0 Å². The zero-order valence-electron chi connectivity index (χ0n) is 16.5. The number of likely N-dealkylation sites (tertiary alicyclic amines) is 2. The quantitative estimate of drug-likeness (QED) is 0.811. The van der Waals surface area contributed by atoms with Crippen molar-refractivity contribution in [2.45, 2.75) is 30.8 Å². The number of urea groups is 1. The van der Waals surface area contributed by atoms with Crippen LogP contribution in [0.5, 0.6) is 0 Å². The lowest BCUT2D eigenvalue weighted by molar-refractivity contribution is -0.150. The van der Waals surface area contributed by atoms with Crippen LogP contribution in [0.15, 0.2) is 54.9 Å². The Bertz CT molecular complexity index is 868. The minimum atomic E-state index is -0.501. The average molecular weight is 394 g/mol. The van der Waals surface area contributed by atoms with Gasteiger partial charge in [0.05, 0.1) is 18.2 Å². The molecule has 7 nitrogen and oxygen atoms in total. The van der Waals surface area contributed by atoms with E-state index in [-0.39, 0.29) is 30.5 Å². The van der Waals surface area contributed by atoms with E-state index in [9.17, 15) is 14.7 Å². The lowest BCUT2D eigenvalue weighted by Gasteiger charge is -2.70. The first kappa shape index (κ1) is 19.4. The first-order chi connectivity index (χ1) is 14.1. The van der Waals surface area contributed by atoms with Crippen molar-refractivity contribution in [3.63, 3.8) is 0 Å². The van der Waals surface area contributed by atoms with Crippen LogP contribution in [0.25, 0.3) is 0 Å². The highest BCUT2D eigenvalue weighted by atomic mass is 16.3. The number of benzene rings is 1. The van der Waals surface area contributed by atoms with Gasteiger partial charge in [0.1, 0.15) is 0 Å². The Balaban J connectivity index is 1.63. The third-order valence-corrected chi connectivity index (χ3v) is 6.01. The number of carbonyl (C=O) groups excluding carboxylic acids is 2. The molecular formula is C22H26N4O3. The third-order valence-electron chi connectivity index (χ3n) is 6.01. The van der Waals surface area contributed by atoms with E-state index < -0.39 is 5.54 Å². The zero-order valence-corrected chi connectivity index (χ0v) is 16.5. The molecule has 2 N–H and O–H groups in total. The number of aliphatic hydroxyl groups is 1. The van der Waals surface area contributed by atoms with Gasteiger partial charge in [-0.3, -0.25) is 9.78 Å². The monoisotopic (exact) mass is 394 g/mol. The fraction of sp³-hybridized carbons (Fsp3) is 0.409. The van der Waals surface area contributed by atoms with Gasteiger partial charge in [-0.2, -0.15) is 0 Å². The number of rotatable bonds is 5. The summed E-state index contributed by atoms with van der Waals surface area (Å²) in [4.78, 5) is 33.2.